The van der Waals surface area contributed by atoms with Crippen LogP contribution in [0.15, 0.2) is 35.4 Å². The molecule has 8 heteroatoms. The predicted molar refractivity (Wildman–Crippen MR) is 91.6 cm³/mol. The predicted octanol–water partition coefficient (Wildman–Crippen LogP) is 3.87. The molecule has 24 heavy (non-hydrogen) atoms. The molecule has 0 bridgehead atoms. The highest BCUT2D eigenvalue weighted by Crippen LogP contribution is 2.28. The van der Waals surface area contributed by atoms with Crippen LogP contribution in [0.3, 0.4) is 0 Å². The van der Waals surface area contributed by atoms with Crippen LogP contribution in [-0.2, 0) is 0 Å². The lowest BCUT2D eigenvalue weighted by molar-refractivity contribution is -0.393. The second-order valence-corrected chi connectivity index (χ2v) is 5.38. The van der Waals surface area contributed by atoms with Crippen molar-refractivity contribution >= 4 is 23.3 Å². The van der Waals surface area contributed by atoms with Crippen molar-refractivity contribution in [3.8, 4) is 0 Å². The number of rotatable bonds is 5. The largest absolute Gasteiger partial charge is 0.301 e. The highest BCUT2D eigenvalue weighted by molar-refractivity contribution is 5.83. The van der Waals surface area contributed by atoms with E-state index in [2.05, 4.69) is 10.5 Å². The number of non-ortho nitro benzene ring substituents is 1. The fourth-order valence-corrected chi connectivity index (χ4v) is 2.17. The fourth-order valence-electron chi connectivity index (χ4n) is 2.17. The van der Waals surface area contributed by atoms with Gasteiger partial charge in [-0.1, -0.05) is 6.07 Å². The van der Waals surface area contributed by atoms with Crippen molar-refractivity contribution in [1.29, 1.82) is 0 Å². The number of nitrogens with one attached hydrogen (secondary N) is 1. The first-order valence-electron chi connectivity index (χ1n) is 7.09. The molecule has 2 rings (SSSR count). The average Bonchev–Trinajstić information content (AvgIpc) is 2.52. The summed E-state index contributed by atoms with van der Waals surface area (Å²) in [6.07, 6.45) is 1.56. The molecule has 0 saturated heterocycles. The van der Waals surface area contributed by atoms with Crippen LogP contribution in [0.2, 0.25) is 0 Å². The third-order valence-electron chi connectivity index (χ3n) is 3.66. The first-order chi connectivity index (χ1) is 11.3. The number of nitrogens with zero attached hydrogens (tertiary/aromatic N) is 3. The van der Waals surface area contributed by atoms with Gasteiger partial charge in [0.1, 0.15) is 5.69 Å². The van der Waals surface area contributed by atoms with Gasteiger partial charge in [0.15, 0.2) is 0 Å². The van der Waals surface area contributed by atoms with E-state index in [0.29, 0.717) is 0 Å². The molecule has 0 aliphatic heterocycles. The topological polar surface area (TPSA) is 111 Å². The van der Waals surface area contributed by atoms with Crippen molar-refractivity contribution in [2.75, 3.05) is 5.43 Å². The molecule has 1 N–H and O–H groups in total. The van der Waals surface area contributed by atoms with E-state index < -0.39 is 15.5 Å². The smallest absolute Gasteiger partial charge is 0.272 e. The summed E-state index contributed by atoms with van der Waals surface area (Å²) in [4.78, 5) is 20.4. The monoisotopic (exact) mass is 328 g/mol. The summed E-state index contributed by atoms with van der Waals surface area (Å²) in [7, 11) is 0. The SMILES string of the molecule is Cc1cc(C)c(/C=N\Nc2ccc([N+](=O)[O-])cc2[N+](=O)[O-])cc1C. The molecule has 124 valence electrons. The summed E-state index contributed by atoms with van der Waals surface area (Å²) in [5.41, 5.74) is 6.11. The van der Waals surface area contributed by atoms with Gasteiger partial charge in [-0.25, -0.2) is 0 Å². The molecule has 0 unspecified atom stereocenters. The van der Waals surface area contributed by atoms with Crippen molar-refractivity contribution in [1.82, 2.24) is 0 Å². The Morgan fingerprint density at radius 1 is 0.958 bits per heavy atom. The number of hydrogen-bond donors (Lipinski definition) is 1. The molecule has 0 aromatic heterocycles. The van der Waals surface area contributed by atoms with E-state index in [-0.39, 0.29) is 11.4 Å². The third-order valence-corrected chi connectivity index (χ3v) is 3.66. The Hall–Kier alpha value is -3.29. The summed E-state index contributed by atoms with van der Waals surface area (Å²) >= 11 is 0. The summed E-state index contributed by atoms with van der Waals surface area (Å²) < 4.78 is 0. The molecular weight excluding hydrogens is 312 g/mol. The summed E-state index contributed by atoms with van der Waals surface area (Å²) in [5, 5.41) is 25.8. The van der Waals surface area contributed by atoms with Crippen LogP contribution in [0.25, 0.3) is 0 Å². The van der Waals surface area contributed by atoms with Gasteiger partial charge < -0.3 is 0 Å². The van der Waals surface area contributed by atoms with Crippen LogP contribution in [-0.4, -0.2) is 16.1 Å². The van der Waals surface area contributed by atoms with Crippen molar-refractivity contribution in [2.45, 2.75) is 20.8 Å². The van der Waals surface area contributed by atoms with Gasteiger partial charge in [-0.3, -0.25) is 25.7 Å². The van der Waals surface area contributed by atoms with E-state index >= 15 is 0 Å². The number of benzene rings is 2. The number of aryl methyl sites for hydroxylation is 3. The van der Waals surface area contributed by atoms with E-state index in [1.165, 1.54) is 17.7 Å². The molecule has 0 atom stereocenters. The Bertz CT molecular complexity index is 846. The first-order valence-corrected chi connectivity index (χ1v) is 7.09. The van der Waals surface area contributed by atoms with Crippen LogP contribution >= 0.6 is 0 Å². The number of nitro groups is 2. The van der Waals surface area contributed by atoms with E-state index in [4.69, 9.17) is 0 Å². The van der Waals surface area contributed by atoms with Crippen LogP contribution < -0.4 is 5.43 Å². The second kappa shape index (κ2) is 6.86. The normalized spacial score (nSPS) is 10.8. The Kier molecular flexibility index (Phi) is 4.88. The minimum atomic E-state index is -0.688. The maximum absolute atomic E-state index is 11.1. The highest BCUT2D eigenvalue weighted by Gasteiger charge is 2.19. The maximum atomic E-state index is 11.1. The molecule has 0 aliphatic carbocycles. The minimum Gasteiger partial charge on any atom is -0.272 e. The molecule has 8 nitrogen and oxygen atoms in total. The first kappa shape index (κ1) is 17.1. The summed E-state index contributed by atoms with van der Waals surface area (Å²) in [6, 6.07) is 7.36. The summed E-state index contributed by atoms with van der Waals surface area (Å²) in [5.74, 6) is 0. The molecule has 0 spiro atoms. The van der Waals surface area contributed by atoms with Gasteiger partial charge in [0, 0.05) is 6.07 Å². The van der Waals surface area contributed by atoms with Crippen molar-refractivity contribution in [3.63, 3.8) is 0 Å². The quantitative estimate of drug-likeness (QED) is 0.509. The van der Waals surface area contributed by atoms with Gasteiger partial charge in [0.2, 0.25) is 0 Å². The molecule has 0 saturated carbocycles. The lowest BCUT2D eigenvalue weighted by atomic mass is 10.0. The van der Waals surface area contributed by atoms with Gasteiger partial charge in [-0.15, -0.1) is 0 Å². The van der Waals surface area contributed by atoms with Crippen LogP contribution in [0.4, 0.5) is 17.1 Å². The van der Waals surface area contributed by atoms with Crippen molar-refractivity contribution < 1.29 is 9.85 Å². The van der Waals surface area contributed by atoms with E-state index in [0.717, 1.165) is 22.8 Å². The molecule has 0 radical (unpaired) electrons. The zero-order valence-corrected chi connectivity index (χ0v) is 13.4. The van der Waals surface area contributed by atoms with Crippen LogP contribution in [0.1, 0.15) is 22.3 Å². The standard InChI is InChI=1S/C16H16N4O4/c1-10-6-12(3)13(7-11(10)2)9-17-18-15-5-4-14(19(21)22)8-16(15)20(23)24/h4-9,18H,1-3H3/b17-9-. The Morgan fingerprint density at radius 3 is 2.25 bits per heavy atom. The van der Waals surface area contributed by atoms with Gasteiger partial charge in [-0.05, 0) is 55.2 Å². The maximum Gasteiger partial charge on any atom is 0.301 e. The molecule has 0 fully saturated rings. The van der Waals surface area contributed by atoms with Crippen molar-refractivity contribution in [3.05, 3.63) is 72.8 Å². The van der Waals surface area contributed by atoms with Gasteiger partial charge >= 0.3 is 5.69 Å². The van der Waals surface area contributed by atoms with E-state index in [1.54, 1.807) is 6.21 Å². The molecule has 0 heterocycles. The average molecular weight is 328 g/mol. The van der Waals surface area contributed by atoms with Crippen LogP contribution in [0.5, 0.6) is 0 Å². The Balaban J connectivity index is 2.27. The zero-order valence-electron chi connectivity index (χ0n) is 13.4. The Morgan fingerprint density at radius 2 is 1.62 bits per heavy atom. The lowest BCUT2D eigenvalue weighted by Crippen LogP contribution is -1.99. The van der Waals surface area contributed by atoms with Crippen LogP contribution in [0, 0.1) is 41.0 Å². The van der Waals surface area contributed by atoms with Gasteiger partial charge in [0.05, 0.1) is 22.1 Å². The summed E-state index contributed by atoms with van der Waals surface area (Å²) in [6.45, 7) is 5.95. The van der Waals surface area contributed by atoms with E-state index in [9.17, 15) is 20.2 Å². The minimum absolute atomic E-state index is 0.0864. The number of hydrogen-bond acceptors (Lipinski definition) is 6. The Labute approximate surface area is 138 Å². The van der Waals surface area contributed by atoms with Gasteiger partial charge in [0.25, 0.3) is 5.69 Å². The molecule has 0 amide bonds. The number of anilines is 1. The fraction of sp³-hybridized carbons (Fsp3) is 0.188. The molecule has 2 aromatic carbocycles. The number of hydrazone groups is 1. The number of nitro benzene ring substituents is 2. The molecule has 2 aromatic rings. The molecular formula is C16H16N4O4. The lowest BCUT2D eigenvalue weighted by Gasteiger charge is -2.06. The van der Waals surface area contributed by atoms with Crippen molar-refractivity contribution in [2.24, 2.45) is 5.10 Å². The highest BCUT2D eigenvalue weighted by atomic mass is 16.6. The zero-order chi connectivity index (χ0) is 17.9. The van der Waals surface area contributed by atoms with Gasteiger partial charge in [-0.2, -0.15) is 5.10 Å². The second-order valence-electron chi connectivity index (χ2n) is 5.38. The molecule has 0 aliphatic rings. The van der Waals surface area contributed by atoms with E-state index in [1.807, 2.05) is 32.9 Å². The third kappa shape index (κ3) is 3.72.